The Morgan fingerprint density at radius 3 is 2.56 bits per heavy atom. The maximum atomic E-state index is 11.9. The van der Waals surface area contributed by atoms with Crippen molar-refractivity contribution in [2.24, 2.45) is 5.14 Å². The third kappa shape index (κ3) is 4.22. The zero-order valence-corrected chi connectivity index (χ0v) is 11.3. The molecule has 4 N–H and O–H groups in total. The predicted molar refractivity (Wildman–Crippen MR) is 66.9 cm³/mol. The van der Waals surface area contributed by atoms with E-state index in [1.54, 1.807) is 7.05 Å². The highest BCUT2D eigenvalue weighted by Gasteiger charge is 2.18. The van der Waals surface area contributed by atoms with Crippen LogP contribution < -0.4 is 15.2 Å². The molecule has 0 saturated heterocycles. The first-order valence-electron chi connectivity index (χ1n) is 4.88. The van der Waals surface area contributed by atoms with Gasteiger partial charge in [0.05, 0.1) is 11.4 Å². The Hall–Kier alpha value is -1.23. The van der Waals surface area contributed by atoms with Gasteiger partial charge in [-0.2, -0.15) is 0 Å². The van der Waals surface area contributed by atoms with Gasteiger partial charge in [0.15, 0.2) is 0 Å². The summed E-state index contributed by atoms with van der Waals surface area (Å²) in [6.45, 7) is -0.292. The maximum absolute atomic E-state index is 11.9. The smallest absolute Gasteiger partial charge is 0.244 e. The second-order valence-corrected chi connectivity index (χ2v) is 6.86. The number of nitrogens with zero attached hydrogens (tertiary/aromatic N) is 1. The van der Waals surface area contributed by atoms with Crippen LogP contribution in [-0.2, 0) is 20.0 Å². The first-order chi connectivity index (χ1) is 8.26. The van der Waals surface area contributed by atoms with E-state index in [9.17, 15) is 16.8 Å². The summed E-state index contributed by atoms with van der Waals surface area (Å²) in [5, 5.41) is 7.48. The minimum Gasteiger partial charge on any atom is -0.387 e. The maximum Gasteiger partial charge on any atom is 0.244 e. The summed E-state index contributed by atoms with van der Waals surface area (Å²) < 4.78 is 47.3. The van der Waals surface area contributed by atoms with Gasteiger partial charge in [0.2, 0.25) is 20.0 Å². The number of pyridine rings is 1. The third-order valence-corrected chi connectivity index (χ3v) is 4.28. The summed E-state index contributed by atoms with van der Waals surface area (Å²) in [5.74, 6) is -0.471. The van der Waals surface area contributed by atoms with E-state index in [0.29, 0.717) is 5.69 Å². The Morgan fingerprint density at radius 1 is 1.33 bits per heavy atom. The number of anilines is 1. The molecule has 18 heavy (non-hydrogen) atoms. The zero-order chi connectivity index (χ0) is 13.8. The van der Waals surface area contributed by atoms with Gasteiger partial charge in [0.1, 0.15) is 4.90 Å². The molecular formula is C8H14N4O4S2. The molecule has 8 nitrogen and oxygen atoms in total. The lowest BCUT2D eigenvalue weighted by molar-refractivity contribution is 0.581. The van der Waals surface area contributed by atoms with Crippen LogP contribution >= 0.6 is 0 Å². The van der Waals surface area contributed by atoms with Gasteiger partial charge in [-0.3, -0.25) is 4.98 Å². The number of hydrogen-bond acceptors (Lipinski definition) is 6. The Morgan fingerprint density at radius 2 is 2.00 bits per heavy atom. The molecule has 102 valence electrons. The fourth-order valence-corrected chi connectivity index (χ4v) is 2.90. The number of hydrogen-bond donors (Lipinski definition) is 3. The minimum absolute atomic E-state index is 0.0538. The average Bonchev–Trinajstić information content (AvgIpc) is 2.27. The Kier molecular flexibility index (Phi) is 4.62. The summed E-state index contributed by atoms with van der Waals surface area (Å²) in [5.41, 5.74) is 0.369. The van der Waals surface area contributed by atoms with Crippen LogP contribution in [0.3, 0.4) is 0 Å². The normalized spacial score (nSPS) is 12.3. The van der Waals surface area contributed by atoms with E-state index in [1.165, 1.54) is 18.5 Å². The van der Waals surface area contributed by atoms with Gasteiger partial charge in [-0.1, -0.05) is 0 Å². The van der Waals surface area contributed by atoms with Crippen LogP contribution in [-0.4, -0.2) is 41.2 Å². The second kappa shape index (κ2) is 5.61. The lowest BCUT2D eigenvalue weighted by atomic mass is 10.4. The molecule has 0 aliphatic rings. The van der Waals surface area contributed by atoms with Gasteiger partial charge >= 0.3 is 0 Å². The van der Waals surface area contributed by atoms with E-state index in [2.05, 4.69) is 15.0 Å². The number of nitrogens with one attached hydrogen (secondary N) is 2. The van der Waals surface area contributed by atoms with Crippen LogP contribution in [0.4, 0.5) is 5.69 Å². The van der Waals surface area contributed by atoms with Crippen LogP contribution in [0, 0.1) is 0 Å². The van der Waals surface area contributed by atoms with Crippen molar-refractivity contribution in [2.45, 2.75) is 4.90 Å². The van der Waals surface area contributed by atoms with Crippen LogP contribution in [0.1, 0.15) is 0 Å². The fourth-order valence-electron chi connectivity index (χ4n) is 1.20. The van der Waals surface area contributed by atoms with Gasteiger partial charge in [-0.25, -0.2) is 26.7 Å². The molecule has 0 atom stereocenters. The van der Waals surface area contributed by atoms with Crippen molar-refractivity contribution in [3.05, 3.63) is 18.5 Å². The van der Waals surface area contributed by atoms with Gasteiger partial charge in [-0.15, -0.1) is 0 Å². The SMILES string of the molecule is CNc1ccncc1S(=O)(=O)NCCS(N)(=O)=O. The summed E-state index contributed by atoms with van der Waals surface area (Å²) in [6.07, 6.45) is 2.61. The fraction of sp³-hybridized carbons (Fsp3) is 0.375. The van der Waals surface area contributed by atoms with Crippen LogP contribution in [0.15, 0.2) is 23.4 Å². The average molecular weight is 294 g/mol. The molecule has 0 aromatic carbocycles. The summed E-state index contributed by atoms with van der Waals surface area (Å²) in [6, 6.07) is 1.49. The molecule has 0 bridgehead atoms. The van der Waals surface area contributed by atoms with E-state index >= 15 is 0 Å². The van der Waals surface area contributed by atoms with Gasteiger partial charge < -0.3 is 5.32 Å². The highest BCUT2D eigenvalue weighted by molar-refractivity contribution is 7.90. The van der Waals surface area contributed by atoms with Crippen molar-refractivity contribution in [1.82, 2.24) is 9.71 Å². The lowest BCUT2D eigenvalue weighted by Gasteiger charge is -2.09. The first-order valence-corrected chi connectivity index (χ1v) is 8.08. The Bertz CT molecular complexity index is 612. The number of rotatable bonds is 6. The van der Waals surface area contributed by atoms with E-state index in [1.807, 2.05) is 0 Å². The molecule has 1 heterocycles. The van der Waals surface area contributed by atoms with E-state index < -0.39 is 25.8 Å². The quantitative estimate of drug-likeness (QED) is 0.597. The zero-order valence-electron chi connectivity index (χ0n) is 9.62. The Labute approximate surface area is 106 Å². The molecule has 10 heteroatoms. The van der Waals surface area contributed by atoms with Gasteiger partial charge in [-0.05, 0) is 6.07 Å². The topological polar surface area (TPSA) is 131 Å². The third-order valence-electron chi connectivity index (χ3n) is 2.02. The largest absolute Gasteiger partial charge is 0.387 e. The molecule has 0 fully saturated rings. The number of sulfonamides is 2. The lowest BCUT2D eigenvalue weighted by Crippen LogP contribution is -2.31. The first kappa shape index (κ1) is 14.8. The van der Waals surface area contributed by atoms with Crippen molar-refractivity contribution >= 4 is 25.7 Å². The van der Waals surface area contributed by atoms with Crippen molar-refractivity contribution < 1.29 is 16.8 Å². The highest BCUT2D eigenvalue weighted by atomic mass is 32.2. The van der Waals surface area contributed by atoms with Crippen molar-refractivity contribution in [3.63, 3.8) is 0 Å². The number of nitrogens with two attached hydrogens (primary N) is 1. The van der Waals surface area contributed by atoms with Crippen LogP contribution in [0.5, 0.6) is 0 Å². The van der Waals surface area contributed by atoms with E-state index in [0.717, 1.165) is 0 Å². The van der Waals surface area contributed by atoms with Crippen LogP contribution in [0.25, 0.3) is 0 Å². The molecule has 0 radical (unpaired) electrons. The monoisotopic (exact) mass is 294 g/mol. The number of primary sulfonamides is 1. The molecule has 1 aromatic rings. The van der Waals surface area contributed by atoms with Crippen molar-refractivity contribution in [2.75, 3.05) is 24.7 Å². The molecule has 0 saturated carbocycles. The summed E-state index contributed by atoms with van der Waals surface area (Å²) >= 11 is 0. The molecular weight excluding hydrogens is 280 g/mol. The highest BCUT2D eigenvalue weighted by Crippen LogP contribution is 2.18. The predicted octanol–water partition coefficient (Wildman–Crippen LogP) is -1.31. The standard InChI is InChI=1S/C8H14N4O4S2/c1-10-7-2-3-11-6-8(7)18(15,16)12-4-5-17(9,13)14/h2-3,6,12H,4-5H2,1H3,(H,10,11)(H2,9,13,14). The number of aromatic nitrogens is 1. The molecule has 0 amide bonds. The summed E-state index contributed by atoms with van der Waals surface area (Å²) in [4.78, 5) is 3.66. The van der Waals surface area contributed by atoms with Crippen molar-refractivity contribution in [1.29, 1.82) is 0 Å². The second-order valence-electron chi connectivity index (χ2n) is 3.39. The molecule has 0 unspecified atom stereocenters. The van der Waals surface area contributed by atoms with Gasteiger partial charge in [0.25, 0.3) is 0 Å². The van der Waals surface area contributed by atoms with Crippen molar-refractivity contribution in [3.8, 4) is 0 Å². The minimum atomic E-state index is -3.82. The Balaban J connectivity index is 2.87. The van der Waals surface area contributed by atoms with Crippen LogP contribution in [0.2, 0.25) is 0 Å². The summed E-state index contributed by atoms with van der Waals surface area (Å²) in [7, 11) is -5.95. The molecule has 0 spiro atoms. The molecule has 0 aliphatic carbocycles. The molecule has 1 aromatic heterocycles. The molecule has 0 aliphatic heterocycles. The molecule has 1 rings (SSSR count). The van der Waals surface area contributed by atoms with Gasteiger partial charge in [0, 0.05) is 26.0 Å². The van der Waals surface area contributed by atoms with E-state index in [-0.39, 0.29) is 11.4 Å². The van der Waals surface area contributed by atoms with E-state index in [4.69, 9.17) is 5.14 Å².